The third-order valence-electron chi connectivity index (χ3n) is 3.78. The lowest BCUT2D eigenvalue weighted by Gasteiger charge is -2.34. The van der Waals surface area contributed by atoms with Crippen molar-refractivity contribution in [3.8, 4) is 0 Å². The van der Waals surface area contributed by atoms with Gasteiger partial charge in [0.05, 0.1) is 5.92 Å². The SMILES string of the molecule is CCc1onc(C)c1NC(=O)N1CC(C)CC(C(=O)O)C1. The van der Waals surface area contributed by atoms with E-state index in [0.717, 1.165) is 0 Å². The first-order valence-corrected chi connectivity index (χ1v) is 7.16. The van der Waals surface area contributed by atoms with Crippen LogP contribution in [0.3, 0.4) is 0 Å². The highest BCUT2D eigenvalue weighted by Crippen LogP contribution is 2.24. The number of carbonyl (C=O) groups excluding carboxylic acids is 1. The van der Waals surface area contributed by atoms with E-state index in [-0.39, 0.29) is 18.5 Å². The summed E-state index contributed by atoms with van der Waals surface area (Å²) < 4.78 is 5.14. The van der Waals surface area contributed by atoms with Crippen molar-refractivity contribution in [3.63, 3.8) is 0 Å². The zero-order chi connectivity index (χ0) is 15.6. The van der Waals surface area contributed by atoms with Crippen molar-refractivity contribution in [3.05, 3.63) is 11.5 Å². The molecule has 2 atom stereocenters. The minimum Gasteiger partial charge on any atom is -0.481 e. The number of hydrogen-bond donors (Lipinski definition) is 2. The van der Waals surface area contributed by atoms with E-state index in [2.05, 4.69) is 10.5 Å². The molecule has 0 radical (unpaired) electrons. The number of aromatic nitrogens is 1. The molecule has 2 N–H and O–H groups in total. The highest BCUT2D eigenvalue weighted by atomic mass is 16.5. The van der Waals surface area contributed by atoms with Crippen LogP contribution in [-0.4, -0.2) is 40.3 Å². The lowest BCUT2D eigenvalue weighted by atomic mass is 9.91. The molecular weight excluding hydrogens is 274 g/mol. The molecule has 1 saturated heterocycles. The average molecular weight is 295 g/mol. The number of nitrogens with one attached hydrogen (secondary N) is 1. The maximum absolute atomic E-state index is 12.4. The second-order valence-corrected chi connectivity index (χ2v) is 5.63. The normalized spacial score (nSPS) is 22.1. The maximum atomic E-state index is 12.4. The summed E-state index contributed by atoms with van der Waals surface area (Å²) in [7, 11) is 0. The Labute approximate surface area is 123 Å². The summed E-state index contributed by atoms with van der Waals surface area (Å²) in [6, 6.07) is -0.297. The Hall–Kier alpha value is -2.05. The van der Waals surface area contributed by atoms with E-state index in [1.54, 1.807) is 11.8 Å². The molecule has 1 aromatic heterocycles. The van der Waals surface area contributed by atoms with Gasteiger partial charge in [0.1, 0.15) is 11.4 Å². The van der Waals surface area contributed by atoms with Crippen molar-refractivity contribution in [2.24, 2.45) is 11.8 Å². The lowest BCUT2D eigenvalue weighted by molar-refractivity contribution is -0.143. The Morgan fingerprint density at radius 3 is 2.81 bits per heavy atom. The van der Waals surface area contributed by atoms with Gasteiger partial charge in [0.15, 0.2) is 5.76 Å². The number of piperidine rings is 1. The third kappa shape index (κ3) is 3.34. The maximum Gasteiger partial charge on any atom is 0.322 e. The first-order valence-electron chi connectivity index (χ1n) is 7.16. The highest BCUT2D eigenvalue weighted by molar-refractivity contribution is 5.90. The number of hydrogen-bond acceptors (Lipinski definition) is 4. The number of carbonyl (C=O) groups is 2. The highest BCUT2D eigenvalue weighted by Gasteiger charge is 2.32. The van der Waals surface area contributed by atoms with E-state index in [4.69, 9.17) is 9.63 Å². The topological polar surface area (TPSA) is 95.7 Å². The zero-order valence-corrected chi connectivity index (χ0v) is 12.5. The van der Waals surface area contributed by atoms with Crippen LogP contribution in [0.4, 0.5) is 10.5 Å². The lowest BCUT2D eigenvalue weighted by Crippen LogP contribution is -2.47. The number of nitrogens with zero attached hydrogens (tertiary/aromatic N) is 2. The second kappa shape index (κ2) is 6.15. The molecule has 7 heteroatoms. The van der Waals surface area contributed by atoms with Crippen molar-refractivity contribution in [1.29, 1.82) is 0 Å². The Bertz CT molecular complexity index is 540. The summed E-state index contributed by atoms with van der Waals surface area (Å²) in [6.07, 6.45) is 1.23. The van der Waals surface area contributed by atoms with Crippen LogP contribution < -0.4 is 5.32 Å². The molecule has 1 aliphatic rings. The van der Waals surface area contributed by atoms with Crippen molar-refractivity contribution < 1.29 is 19.2 Å². The molecule has 1 aromatic rings. The van der Waals surface area contributed by atoms with Gasteiger partial charge in [0.25, 0.3) is 0 Å². The quantitative estimate of drug-likeness (QED) is 0.890. The van der Waals surface area contributed by atoms with Gasteiger partial charge in [0.2, 0.25) is 0 Å². The second-order valence-electron chi connectivity index (χ2n) is 5.63. The number of aryl methyl sites for hydroxylation is 2. The number of aliphatic carboxylic acids is 1. The van der Waals surface area contributed by atoms with Gasteiger partial charge in [0, 0.05) is 19.5 Å². The van der Waals surface area contributed by atoms with E-state index in [0.29, 0.717) is 36.5 Å². The molecule has 7 nitrogen and oxygen atoms in total. The first-order chi connectivity index (χ1) is 9.92. The Morgan fingerprint density at radius 2 is 2.19 bits per heavy atom. The fraction of sp³-hybridized carbons (Fsp3) is 0.643. The molecule has 2 heterocycles. The number of amides is 2. The van der Waals surface area contributed by atoms with E-state index >= 15 is 0 Å². The van der Waals surface area contributed by atoms with Gasteiger partial charge in [-0.3, -0.25) is 4.79 Å². The summed E-state index contributed by atoms with van der Waals surface area (Å²) in [5, 5.41) is 15.8. The van der Waals surface area contributed by atoms with Gasteiger partial charge in [-0.25, -0.2) is 4.79 Å². The van der Waals surface area contributed by atoms with E-state index in [1.807, 2.05) is 13.8 Å². The van der Waals surface area contributed by atoms with Gasteiger partial charge in [-0.15, -0.1) is 0 Å². The van der Waals surface area contributed by atoms with Crippen molar-refractivity contribution >= 4 is 17.7 Å². The van der Waals surface area contributed by atoms with Gasteiger partial charge >= 0.3 is 12.0 Å². The van der Waals surface area contributed by atoms with Gasteiger partial charge in [-0.1, -0.05) is 19.0 Å². The molecular formula is C14H21N3O4. The van der Waals surface area contributed by atoms with Gasteiger partial charge in [-0.05, 0) is 19.3 Å². The van der Waals surface area contributed by atoms with Crippen molar-refractivity contribution in [2.45, 2.75) is 33.6 Å². The summed E-state index contributed by atoms with van der Waals surface area (Å²) in [5.41, 5.74) is 1.22. The number of urea groups is 1. The smallest absolute Gasteiger partial charge is 0.322 e. The third-order valence-corrected chi connectivity index (χ3v) is 3.78. The molecule has 0 spiro atoms. The zero-order valence-electron chi connectivity index (χ0n) is 12.5. The standard InChI is InChI=1S/C14H21N3O4/c1-4-11-12(9(3)16-21-11)15-14(20)17-6-8(2)5-10(7-17)13(18)19/h8,10H,4-7H2,1-3H3,(H,15,20)(H,18,19). The molecule has 1 fully saturated rings. The van der Waals surface area contributed by atoms with E-state index in [9.17, 15) is 9.59 Å². The van der Waals surface area contributed by atoms with Crippen LogP contribution in [0.25, 0.3) is 0 Å². The summed E-state index contributed by atoms with van der Waals surface area (Å²) in [5.74, 6) is -0.566. The molecule has 0 aromatic carbocycles. The molecule has 0 bridgehead atoms. The molecule has 1 aliphatic heterocycles. The fourth-order valence-corrected chi connectivity index (χ4v) is 2.70. The van der Waals surface area contributed by atoms with E-state index in [1.165, 1.54) is 0 Å². The van der Waals surface area contributed by atoms with Crippen molar-refractivity contribution in [1.82, 2.24) is 10.1 Å². The summed E-state index contributed by atoms with van der Waals surface area (Å²) in [4.78, 5) is 25.1. The molecule has 2 amide bonds. The molecule has 0 saturated carbocycles. The molecule has 0 aliphatic carbocycles. The average Bonchev–Trinajstić information content (AvgIpc) is 2.78. The fourth-order valence-electron chi connectivity index (χ4n) is 2.70. The predicted molar refractivity (Wildman–Crippen MR) is 76.1 cm³/mol. The molecule has 2 rings (SSSR count). The van der Waals surface area contributed by atoms with Crippen LogP contribution in [0.1, 0.15) is 31.7 Å². The molecule has 21 heavy (non-hydrogen) atoms. The Balaban J connectivity index is 2.09. The first kappa shape index (κ1) is 15.3. The Kier molecular flexibility index (Phi) is 4.50. The van der Waals surface area contributed by atoms with Crippen LogP contribution in [0.15, 0.2) is 4.52 Å². The predicted octanol–water partition coefficient (Wildman–Crippen LogP) is 2.12. The summed E-state index contributed by atoms with van der Waals surface area (Å²) >= 11 is 0. The largest absolute Gasteiger partial charge is 0.481 e. The van der Waals surface area contributed by atoms with Crippen LogP contribution in [0, 0.1) is 18.8 Å². The van der Waals surface area contributed by atoms with Crippen LogP contribution in [0.5, 0.6) is 0 Å². The monoisotopic (exact) mass is 295 g/mol. The number of carboxylic acid groups (broad SMARTS) is 1. The number of likely N-dealkylation sites (tertiary alicyclic amines) is 1. The Morgan fingerprint density at radius 1 is 1.48 bits per heavy atom. The molecule has 116 valence electrons. The minimum atomic E-state index is -0.852. The number of rotatable bonds is 3. The number of carboxylic acids is 1. The van der Waals surface area contributed by atoms with Crippen LogP contribution in [-0.2, 0) is 11.2 Å². The van der Waals surface area contributed by atoms with Crippen LogP contribution in [0.2, 0.25) is 0 Å². The van der Waals surface area contributed by atoms with Crippen molar-refractivity contribution in [2.75, 3.05) is 18.4 Å². The van der Waals surface area contributed by atoms with Gasteiger partial charge in [-0.2, -0.15) is 0 Å². The van der Waals surface area contributed by atoms with E-state index < -0.39 is 11.9 Å². The minimum absolute atomic E-state index is 0.166. The number of anilines is 1. The molecule has 2 unspecified atom stereocenters. The van der Waals surface area contributed by atoms with Crippen LogP contribution >= 0.6 is 0 Å². The van der Waals surface area contributed by atoms with Gasteiger partial charge < -0.3 is 19.8 Å². The summed E-state index contributed by atoms with van der Waals surface area (Å²) in [6.45, 7) is 6.42.